The second-order valence-corrected chi connectivity index (χ2v) is 7.64. The number of methoxy groups -OCH3 is 1. The Morgan fingerprint density at radius 3 is 2.81 bits per heavy atom. The van der Waals surface area contributed by atoms with E-state index in [9.17, 15) is 4.79 Å². The van der Waals surface area contributed by atoms with Gasteiger partial charge in [0.2, 0.25) is 5.95 Å². The van der Waals surface area contributed by atoms with Crippen LogP contribution in [0.4, 0.5) is 17.5 Å². The minimum Gasteiger partial charge on any atom is -0.496 e. The van der Waals surface area contributed by atoms with Crippen molar-refractivity contribution in [2.24, 2.45) is 11.5 Å². The number of rotatable bonds is 7. The van der Waals surface area contributed by atoms with Gasteiger partial charge in [-0.05, 0) is 37.1 Å². The van der Waals surface area contributed by atoms with Crippen molar-refractivity contribution in [1.82, 2.24) is 15.0 Å². The maximum absolute atomic E-state index is 11.9. The molecule has 162 valence electrons. The number of hydrogen-bond acceptors (Lipinski definition) is 7. The average molecular weight is 422 g/mol. The van der Waals surface area contributed by atoms with Crippen molar-refractivity contribution >= 4 is 23.4 Å². The third-order valence-corrected chi connectivity index (χ3v) is 5.54. The highest BCUT2D eigenvalue weighted by Gasteiger charge is 2.23. The first-order valence-electron chi connectivity index (χ1n) is 10.3. The van der Waals surface area contributed by atoms with Gasteiger partial charge in [-0.25, -0.2) is 4.98 Å². The second-order valence-electron chi connectivity index (χ2n) is 7.64. The van der Waals surface area contributed by atoms with Crippen LogP contribution in [0.3, 0.4) is 0 Å². The van der Waals surface area contributed by atoms with Gasteiger partial charge in [0.25, 0.3) is 5.91 Å². The van der Waals surface area contributed by atoms with E-state index in [2.05, 4.69) is 25.6 Å². The Bertz CT molecular complexity index is 1050. The lowest BCUT2D eigenvalue weighted by Crippen LogP contribution is -2.43. The van der Waals surface area contributed by atoms with Gasteiger partial charge < -0.3 is 31.8 Å². The molecule has 4 rings (SSSR count). The smallest absolute Gasteiger partial charge is 0.254 e. The van der Waals surface area contributed by atoms with Crippen LogP contribution >= 0.6 is 0 Å². The van der Waals surface area contributed by atoms with E-state index in [1.165, 1.54) is 6.20 Å². The van der Waals surface area contributed by atoms with E-state index >= 15 is 0 Å². The first-order valence-corrected chi connectivity index (χ1v) is 10.3. The Balaban J connectivity index is 1.61. The van der Waals surface area contributed by atoms with Crippen molar-refractivity contribution in [2.45, 2.75) is 37.8 Å². The number of aromatic nitrogens is 3. The van der Waals surface area contributed by atoms with Gasteiger partial charge in [-0.3, -0.25) is 4.79 Å². The Kier molecular flexibility index (Phi) is 6.03. The van der Waals surface area contributed by atoms with Crippen LogP contribution in [0.15, 0.2) is 42.7 Å². The molecule has 0 aliphatic heterocycles. The number of nitrogens with one attached hydrogen (secondary N) is 3. The van der Waals surface area contributed by atoms with Crippen molar-refractivity contribution in [3.05, 3.63) is 48.3 Å². The number of carbonyl (C=O) groups excluding carboxylic acids is 1. The summed E-state index contributed by atoms with van der Waals surface area (Å²) in [6.07, 6.45) is 7.46. The lowest BCUT2D eigenvalue weighted by molar-refractivity contribution is 0.100. The summed E-state index contributed by atoms with van der Waals surface area (Å²) in [5, 5.41) is 6.48. The largest absolute Gasteiger partial charge is 0.496 e. The molecule has 1 fully saturated rings. The second kappa shape index (κ2) is 9.05. The van der Waals surface area contributed by atoms with Crippen LogP contribution in [-0.4, -0.2) is 40.1 Å². The highest BCUT2D eigenvalue weighted by molar-refractivity contribution is 5.98. The Hall–Kier alpha value is -3.59. The molecule has 2 aromatic heterocycles. The number of ether oxygens (including phenoxy) is 1. The number of nitrogens with zero attached hydrogens (tertiary/aromatic N) is 2. The number of hydrogen-bond donors (Lipinski definition) is 5. The first kappa shape index (κ1) is 20.7. The molecule has 1 amide bonds. The Labute approximate surface area is 180 Å². The number of aromatic amines is 1. The molecule has 1 aliphatic rings. The summed E-state index contributed by atoms with van der Waals surface area (Å²) in [7, 11) is 1.61. The normalized spacial score (nSPS) is 18.4. The third kappa shape index (κ3) is 4.61. The lowest BCUT2D eigenvalue weighted by atomic mass is 9.91. The molecule has 1 aromatic carbocycles. The fourth-order valence-electron chi connectivity index (χ4n) is 3.86. The number of H-pyrrole nitrogens is 1. The molecule has 0 bridgehead atoms. The van der Waals surface area contributed by atoms with Gasteiger partial charge >= 0.3 is 0 Å². The molecule has 0 saturated heterocycles. The summed E-state index contributed by atoms with van der Waals surface area (Å²) in [4.78, 5) is 23.9. The van der Waals surface area contributed by atoms with Gasteiger partial charge in [0, 0.05) is 47.5 Å². The van der Waals surface area contributed by atoms with Crippen LogP contribution in [0.5, 0.6) is 5.75 Å². The molecule has 0 radical (unpaired) electrons. The molecule has 3 aromatic rings. The summed E-state index contributed by atoms with van der Waals surface area (Å²) in [6, 6.07) is 9.69. The first-order chi connectivity index (χ1) is 15.0. The van der Waals surface area contributed by atoms with Crippen LogP contribution < -0.4 is 26.8 Å². The van der Waals surface area contributed by atoms with Gasteiger partial charge in [0.05, 0.1) is 7.11 Å². The zero-order valence-corrected chi connectivity index (χ0v) is 17.4. The van der Waals surface area contributed by atoms with E-state index in [-0.39, 0.29) is 17.6 Å². The maximum atomic E-state index is 11.9. The molecule has 1 aliphatic carbocycles. The number of amides is 1. The molecule has 0 spiro atoms. The summed E-state index contributed by atoms with van der Waals surface area (Å²) >= 11 is 0. The molecular weight excluding hydrogens is 394 g/mol. The SMILES string of the molecule is COc1cc(Nc2nc(N[C@@H]3CCCC[C@@H]3N)ncc2C(N)=O)ccc1-c1ccc[nH]1. The van der Waals surface area contributed by atoms with Gasteiger partial charge in [-0.1, -0.05) is 12.8 Å². The molecule has 7 N–H and O–H groups in total. The highest BCUT2D eigenvalue weighted by atomic mass is 16.5. The van der Waals surface area contributed by atoms with E-state index in [4.69, 9.17) is 16.2 Å². The highest BCUT2D eigenvalue weighted by Crippen LogP contribution is 2.33. The number of primary amides is 1. The lowest BCUT2D eigenvalue weighted by Gasteiger charge is -2.29. The summed E-state index contributed by atoms with van der Waals surface area (Å²) in [6.45, 7) is 0. The number of carbonyl (C=O) groups is 1. The number of benzene rings is 1. The standard InChI is InChI=1S/C22H27N7O2/c1-31-19-11-13(8-9-14(19)17-7-4-10-25-17)27-21-15(20(24)30)12-26-22(29-21)28-18-6-3-2-5-16(18)23/h4,7-12,16,18,25H,2-3,5-6,23H2,1H3,(H2,24,30)(H2,26,27,28,29)/t16-,18+/m0/s1. The topological polar surface area (TPSA) is 144 Å². The fraction of sp³-hybridized carbons (Fsp3) is 0.318. The minimum atomic E-state index is -0.613. The molecular formula is C22H27N7O2. The van der Waals surface area contributed by atoms with Gasteiger partial charge in [-0.2, -0.15) is 4.98 Å². The van der Waals surface area contributed by atoms with E-state index < -0.39 is 5.91 Å². The molecule has 31 heavy (non-hydrogen) atoms. The minimum absolute atomic E-state index is 0.0503. The molecule has 2 heterocycles. The van der Waals surface area contributed by atoms with E-state index in [0.29, 0.717) is 23.2 Å². The zero-order valence-electron chi connectivity index (χ0n) is 17.4. The van der Waals surface area contributed by atoms with Crippen molar-refractivity contribution in [1.29, 1.82) is 0 Å². The Morgan fingerprint density at radius 1 is 1.26 bits per heavy atom. The maximum Gasteiger partial charge on any atom is 0.254 e. The van der Waals surface area contributed by atoms with Crippen LogP contribution in [-0.2, 0) is 0 Å². The molecule has 9 nitrogen and oxygen atoms in total. The summed E-state index contributed by atoms with van der Waals surface area (Å²) in [5.74, 6) is 0.793. The van der Waals surface area contributed by atoms with Gasteiger partial charge in [0.1, 0.15) is 17.1 Å². The monoisotopic (exact) mass is 421 g/mol. The van der Waals surface area contributed by atoms with Crippen molar-refractivity contribution in [2.75, 3.05) is 17.7 Å². The predicted molar refractivity (Wildman–Crippen MR) is 120 cm³/mol. The average Bonchev–Trinajstić information content (AvgIpc) is 3.30. The Morgan fingerprint density at radius 2 is 2.10 bits per heavy atom. The van der Waals surface area contributed by atoms with Crippen LogP contribution in [0, 0.1) is 0 Å². The van der Waals surface area contributed by atoms with Crippen LogP contribution in [0.1, 0.15) is 36.0 Å². The molecule has 9 heteroatoms. The molecule has 0 unspecified atom stereocenters. The molecule has 2 atom stereocenters. The summed E-state index contributed by atoms with van der Waals surface area (Å²) < 4.78 is 5.55. The summed E-state index contributed by atoms with van der Waals surface area (Å²) in [5.41, 5.74) is 14.5. The fourth-order valence-corrected chi connectivity index (χ4v) is 3.86. The van der Waals surface area contributed by atoms with E-state index in [1.807, 2.05) is 36.5 Å². The van der Waals surface area contributed by atoms with Crippen molar-refractivity contribution in [3.63, 3.8) is 0 Å². The van der Waals surface area contributed by atoms with E-state index in [0.717, 1.165) is 36.9 Å². The zero-order chi connectivity index (χ0) is 21.8. The van der Waals surface area contributed by atoms with Crippen LogP contribution in [0.2, 0.25) is 0 Å². The van der Waals surface area contributed by atoms with Gasteiger partial charge in [-0.15, -0.1) is 0 Å². The third-order valence-electron chi connectivity index (χ3n) is 5.54. The quantitative estimate of drug-likeness (QED) is 0.394. The van der Waals surface area contributed by atoms with Gasteiger partial charge in [0.15, 0.2) is 0 Å². The number of nitrogens with two attached hydrogens (primary N) is 2. The van der Waals surface area contributed by atoms with Crippen molar-refractivity contribution < 1.29 is 9.53 Å². The van der Waals surface area contributed by atoms with Crippen molar-refractivity contribution in [3.8, 4) is 17.0 Å². The van der Waals surface area contributed by atoms with Crippen LogP contribution in [0.25, 0.3) is 11.3 Å². The number of anilines is 3. The predicted octanol–water partition coefficient (Wildman–Crippen LogP) is 3.00. The molecule has 1 saturated carbocycles. The van der Waals surface area contributed by atoms with E-state index in [1.54, 1.807) is 7.11 Å².